The molecule has 1 atom stereocenters. The third-order valence-electron chi connectivity index (χ3n) is 3.77. The fourth-order valence-electron chi connectivity index (χ4n) is 2.55. The van der Waals surface area contributed by atoms with Crippen molar-refractivity contribution < 1.29 is 0 Å². The van der Waals surface area contributed by atoms with E-state index < -0.39 is 0 Å². The van der Waals surface area contributed by atoms with Gasteiger partial charge in [0.05, 0.1) is 10.7 Å². The van der Waals surface area contributed by atoms with E-state index in [1.807, 2.05) is 0 Å². The first-order valence-electron chi connectivity index (χ1n) is 7.32. The molecular formula is C15H28ClN3S. The minimum atomic E-state index is 0. The fraction of sp³-hybridized carbons (Fsp3) is 0.800. The van der Waals surface area contributed by atoms with E-state index in [4.69, 9.17) is 4.98 Å². The maximum Gasteiger partial charge on any atom is 0.0982 e. The summed E-state index contributed by atoms with van der Waals surface area (Å²) < 4.78 is 0. The molecule has 0 amide bonds. The first-order valence-corrected chi connectivity index (χ1v) is 8.20. The molecule has 0 aliphatic carbocycles. The van der Waals surface area contributed by atoms with Crippen LogP contribution in [-0.2, 0) is 12.0 Å². The van der Waals surface area contributed by atoms with Gasteiger partial charge in [0.15, 0.2) is 0 Å². The molecule has 0 saturated carbocycles. The van der Waals surface area contributed by atoms with Crippen LogP contribution < -0.4 is 5.32 Å². The lowest BCUT2D eigenvalue weighted by Gasteiger charge is -2.26. The van der Waals surface area contributed by atoms with Crippen molar-refractivity contribution in [3.8, 4) is 0 Å². The van der Waals surface area contributed by atoms with Gasteiger partial charge < -0.3 is 5.32 Å². The van der Waals surface area contributed by atoms with E-state index in [0.717, 1.165) is 13.1 Å². The molecule has 1 fully saturated rings. The predicted molar refractivity (Wildman–Crippen MR) is 90.0 cm³/mol. The molecule has 0 aromatic carbocycles. The molecule has 0 radical (unpaired) electrons. The molecule has 20 heavy (non-hydrogen) atoms. The lowest BCUT2D eigenvalue weighted by Crippen LogP contribution is -2.32. The molecule has 1 saturated heterocycles. The molecular weight excluding hydrogens is 290 g/mol. The van der Waals surface area contributed by atoms with Crippen LogP contribution in [0.5, 0.6) is 0 Å². The molecule has 1 aromatic rings. The van der Waals surface area contributed by atoms with Crippen LogP contribution in [0, 0.1) is 0 Å². The van der Waals surface area contributed by atoms with Crippen molar-refractivity contribution in [3.05, 3.63) is 16.1 Å². The summed E-state index contributed by atoms with van der Waals surface area (Å²) in [5, 5.41) is 6.96. The molecule has 1 N–H and O–H groups in total. The van der Waals surface area contributed by atoms with Crippen LogP contribution in [-0.4, -0.2) is 36.1 Å². The summed E-state index contributed by atoms with van der Waals surface area (Å²) in [7, 11) is 2.24. The van der Waals surface area contributed by atoms with Gasteiger partial charge >= 0.3 is 0 Å². The number of nitrogens with zero attached hydrogens (tertiary/aromatic N) is 2. The summed E-state index contributed by atoms with van der Waals surface area (Å²) in [6, 6.07) is 0.704. The monoisotopic (exact) mass is 317 g/mol. The molecule has 1 aliphatic heterocycles. The molecule has 1 unspecified atom stereocenters. The largest absolute Gasteiger partial charge is 0.317 e. The van der Waals surface area contributed by atoms with Gasteiger partial charge in [0, 0.05) is 23.4 Å². The van der Waals surface area contributed by atoms with Gasteiger partial charge in [-0.25, -0.2) is 4.98 Å². The van der Waals surface area contributed by atoms with Crippen molar-refractivity contribution in [2.24, 2.45) is 0 Å². The minimum absolute atomic E-state index is 0. The second kappa shape index (κ2) is 7.74. The summed E-state index contributed by atoms with van der Waals surface area (Å²) in [5.74, 6) is 0. The van der Waals surface area contributed by atoms with Crippen molar-refractivity contribution >= 4 is 23.7 Å². The summed E-state index contributed by atoms with van der Waals surface area (Å²) in [6.45, 7) is 10.0. The van der Waals surface area contributed by atoms with E-state index in [1.54, 1.807) is 11.3 Å². The summed E-state index contributed by atoms with van der Waals surface area (Å²) >= 11 is 1.80. The Morgan fingerprint density at radius 3 is 2.75 bits per heavy atom. The first kappa shape index (κ1) is 17.9. The summed E-state index contributed by atoms with van der Waals surface area (Å²) in [4.78, 5) is 7.28. The average molecular weight is 318 g/mol. The molecule has 2 heterocycles. The predicted octanol–water partition coefficient (Wildman–Crippen LogP) is 3.44. The van der Waals surface area contributed by atoms with Gasteiger partial charge in [-0.2, -0.15) is 0 Å². The van der Waals surface area contributed by atoms with Crippen molar-refractivity contribution in [2.75, 3.05) is 20.1 Å². The highest BCUT2D eigenvalue weighted by atomic mass is 35.5. The highest BCUT2D eigenvalue weighted by Crippen LogP contribution is 2.26. The Bertz CT molecular complexity index is 392. The molecule has 116 valence electrons. The average Bonchev–Trinajstić information content (AvgIpc) is 2.63. The SMILES string of the molecule is CN(Cc1csc(C(C)(C)C)n1)C1CCCNCC1.Cl. The summed E-state index contributed by atoms with van der Waals surface area (Å²) in [6.07, 6.45) is 3.85. The number of hydrogen-bond acceptors (Lipinski definition) is 4. The van der Waals surface area contributed by atoms with Gasteiger partial charge in [0.25, 0.3) is 0 Å². The van der Waals surface area contributed by atoms with Crippen LogP contribution in [0.15, 0.2) is 5.38 Å². The normalized spacial score (nSPS) is 20.6. The smallest absolute Gasteiger partial charge is 0.0982 e. The van der Waals surface area contributed by atoms with Crippen molar-refractivity contribution in [2.45, 2.75) is 58.0 Å². The Morgan fingerprint density at radius 1 is 1.35 bits per heavy atom. The number of thiazole rings is 1. The molecule has 3 nitrogen and oxygen atoms in total. The zero-order valence-corrected chi connectivity index (χ0v) is 14.7. The Hall–Kier alpha value is -0.160. The van der Waals surface area contributed by atoms with Gasteiger partial charge in [-0.1, -0.05) is 20.8 Å². The van der Waals surface area contributed by atoms with Gasteiger partial charge in [-0.15, -0.1) is 23.7 Å². The van der Waals surface area contributed by atoms with E-state index in [0.29, 0.717) is 6.04 Å². The second-order valence-electron chi connectivity index (χ2n) is 6.64. The van der Waals surface area contributed by atoms with Crippen LogP contribution >= 0.6 is 23.7 Å². The lowest BCUT2D eigenvalue weighted by atomic mass is 9.98. The molecule has 5 heteroatoms. The first-order chi connectivity index (χ1) is 8.97. The third-order valence-corrected chi connectivity index (χ3v) is 5.09. The highest BCUT2D eigenvalue weighted by molar-refractivity contribution is 7.09. The number of rotatable bonds is 3. The van der Waals surface area contributed by atoms with Crippen LogP contribution in [0.25, 0.3) is 0 Å². The number of halogens is 1. The Morgan fingerprint density at radius 2 is 2.10 bits per heavy atom. The summed E-state index contributed by atoms with van der Waals surface area (Å²) in [5.41, 5.74) is 1.41. The molecule has 0 bridgehead atoms. The minimum Gasteiger partial charge on any atom is -0.317 e. The standard InChI is InChI=1S/C15H27N3S.ClH/c1-15(2,3)14-17-12(11-19-14)10-18(4)13-6-5-8-16-9-7-13;/h11,13,16H,5-10H2,1-4H3;1H. The lowest BCUT2D eigenvalue weighted by molar-refractivity contribution is 0.214. The number of nitrogens with one attached hydrogen (secondary N) is 1. The maximum absolute atomic E-state index is 4.80. The quantitative estimate of drug-likeness (QED) is 0.925. The van der Waals surface area contributed by atoms with Crippen molar-refractivity contribution in [1.29, 1.82) is 0 Å². The van der Waals surface area contributed by atoms with E-state index in [2.05, 4.69) is 43.4 Å². The van der Waals surface area contributed by atoms with E-state index in [-0.39, 0.29) is 17.8 Å². The third kappa shape index (κ3) is 4.99. The van der Waals surface area contributed by atoms with E-state index >= 15 is 0 Å². The topological polar surface area (TPSA) is 28.2 Å². The van der Waals surface area contributed by atoms with Crippen molar-refractivity contribution in [1.82, 2.24) is 15.2 Å². The van der Waals surface area contributed by atoms with Crippen LogP contribution in [0.2, 0.25) is 0 Å². The van der Waals surface area contributed by atoms with E-state index in [9.17, 15) is 0 Å². The Kier molecular flexibility index (Phi) is 6.92. The van der Waals surface area contributed by atoms with Crippen molar-refractivity contribution in [3.63, 3.8) is 0 Å². The van der Waals surface area contributed by atoms with Crippen LogP contribution in [0.1, 0.15) is 50.7 Å². The molecule has 1 aliphatic rings. The zero-order chi connectivity index (χ0) is 13.9. The molecule has 0 spiro atoms. The zero-order valence-electron chi connectivity index (χ0n) is 13.1. The number of aromatic nitrogens is 1. The fourth-order valence-corrected chi connectivity index (χ4v) is 3.45. The van der Waals surface area contributed by atoms with Gasteiger partial charge in [-0.05, 0) is 39.4 Å². The maximum atomic E-state index is 4.80. The second-order valence-corrected chi connectivity index (χ2v) is 7.50. The van der Waals surface area contributed by atoms with Crippen LogP contribution in [0.4, 0.5) is 0 Å². The van der Waals surface area contributed by atoms with Gasteiger partial charge in [0.2, 0.25) is 0 Å². The highest BCUT2D eigenvalue weighted by Gasteiger charge is 2.20. The Labute approximate surface area is 133 Å². The number of hydrogen-bond donors (Lipinski definition) is 1. The Balaban J connectivity index is 0.00000200. The molecule has 1 aromatic heterocycles. The van der Waals surface area contributed by atoms with Gasteiger partial charge in [0.1, 0.15) is 0 Å². The van der Waals surface area contributed by atoms with E-state index in [1.165, 1.54) is 36.5 Å². The van der Waals surface area contributed by atoms with Crippen LogP contribution in [0.3, 0.4) is 0 Å². The molecule has 2 rings (SSSR count). The van der Waals surface area contributed by atoms with Gasteiger partial charge in [-0.3, -0.25) is 4.90 Å².